The molecule has 0 fully saturated rings. The fourth-order valence-corrected chi connectivity index (χ4v) is 2.50. The van der Waals surface area contributed by atoms with Gasteiger partial charge < -0.3 is 15.4 Å². The van der Waals surface area contributed by atoms with Crippen molar-refractivity contribution in [3.63, 3.8) is 0 Å². The second kappa shape index (κ2) is 3.74. The lowest BCUT2D eigenvalue weighted by Gasteiger charge is -2.32. The monoisotopic (exact) mass is 216 g/mol. The molecule has 2 N–H and O–H groups in total. The van der Waals surface area contributed by atoms with E-state index in [1.165, 1.54) is 23.2 Å². The van der Waals surface area contributed by atoms with Crippen molar-refractivity contribution < 1.29 is 4.74 Å². The van der Waals surface area contributed by atoms with Crippen LogP contribution in [0.1, 0.15) is 12.0 Å². The largest absolute Gasteiger partial charge is 0.497 e. The Labute approximate surface area is 95.5 Å². The van der Waals surface area contributed by atoms with Crippen LogP contribution in [0.2, 0.25) is 0 Å². The molecular weight excluding hydrogens is 200 g/mol. The number of nitrogens with one attached hydrogen (secondary N) is 2. The van der Waals surface area contributed by atoms with Gasteiger partial charge in [0.1, 0.15) is 5.75 Å². The Bertz CT molecular complexity index is 440. The zero-order chi connectivity index (χ0) is 11.0. The molecule has 84 valence electrons. The van der Waals surface area contributed by atoms with Crippen molar-refractivity contribution in [2.75, 3.05) is 25.5 Å². The minimum atomic E-state index is 0.640. The Balaban J connectivity index is 2.08. The standard InChI is InChI=1S/C13H16N2O/c1-16-10-2-3-13-11(6-10)12-8-14-5-4-9(12)7-15-13/h2-3,6,8-9,14-15H,4-5,7H2,1H3. The molecule has 0 spiro atoms. The van der Waals surface area contributed by atoms with Gasteiger partial charge in [0, 0.05) is 36.5 Å². The Morgan fingerprint density at radius 2 is 2.31 bits per heavy atom. The zero-order valence-electron chi connectivity index (χ0n) is 9.42. The van der Waals surface area contributed by atoms with Gasteiger partial charge in [0.25, 0.3) is 0 Å². The van der Waals surface area contributed by atoms with Gasteiger partial charge in [-0.25, -0.2) is 0 Å². The van der Waals surface area contributed by atoms with Crippen LogP contribution < -0.4 is 15.4 Å². The van der Waals surface area contributed by atoms with Gasteiger partial charge in [-0.2, -0.15) is 0 Å². The van der Waals surface area contributed by atoms with Gasteiger partial charge in [0.15, 0.2) is 0 Å². The third-order valence-corrected chi connectivity index (χ3v) is 3.41. The van der Waals surface area contributed by atoms with Gasteiger partial charge in [-0.3, -0.25) is 0 Å². The van der Waals surface area contributed by atoms with Crippen molar-refractivity contribution >= 4 is 11.3 Å². The maximum absolute atomic E-state index is 5.28. The maximum atomic E-state index is 5.28. The second-order valence-electron chi connectivity index (χ2n) is 4.33. The van der Waals surface area contributed by atoms with Gasteiger partial charge in [-0.05, 0) is 30.2 Å². The smallest absolute Gasteiger partial charge is 0.119 e. The van der Waals surface area contributed by atoms with Crippen LogP contribution in [0.25, 0.3) is 5.57 Å². The summed E-state index contributed by atoms with van der Waals surface area (Å²) in [5.41, 5.74) is 3.91. The molecule has 1 unspecified atom stereocenters. The average molecular weight is 216 g/mol. The molecule has 0 bridgehead atoms. The third kappa shape index (κ3) is 1.43. The highest BCUT2D eigenvalue weighted by molar-refractivity contribution is 5.81. The molecule has 3 rings (SSSR count). The first-order valence-corrected chi connectivity index (χ1v) is 5.74. The second-order valence-corrected chi connectivity index (χ2v) is 4.33. The van der Waals surface area contributed by atoms with Crippen LogP contribution in [-0.4, -0.2) is 20.2 Å². The topological polar surface area (TPSA) is 33.3 Å². The lowest BCUT2D eigenvalue weighted by Crippen LogP contribution is -2.29. The summed E-state index contributed by atoms with van der Waals surface area (Å²) in [6, 6.07) is 6.22. The third-order valence-electron chi connectivity index (χ3n) is 3.41. The van der Waals surface area contributed by atoms with E-state index in [2.05, 4.69) is 29.0 Å². The summed E-state index contributed by atoms with van der Waals surface area (Å²) in [4.78, 5) is 0. The van der Waals surface area contributed by atoms with Crippen molar-refractivity contribution in [2.45, 2.75) is 6.42 Å². The molecule has 16 heavy (non-hydrogen) atoms. The lowest BCUT2D eigenvalue weighted by atomic mass is 9.85. The van der Waals surface area contributed by atoms with E-state index in [1.54, 1.807) is 7.11 Å². The average Bonchev–Trinajstić information content (AvgIpc) is 2.38. The van der Waals surface area contributed by atoms with Crippen LogP contribution in [-0.2, 0) is 0 Å². The number of ether oxygens (including phenoxy) is 1. The van der Waals surface area contributed by atoms with Gasteiger partial charge >= 0.3 is 0 Å². The van der Waals surface area contributed by atoms with E-state index in [-0.39, 0.29) is 0 Å². The summed E-state index contributed by atoms with van der Waals surface area (Å²) in [6.07, 6.45) is 3.36. The predicted octanol–water partition coefficient (Wildman–Crippen LogP) is 2.07. The number of fused-ring (bicyclic) bond motifs is 3. The molecule has 3 heteroatoms. The number of anilines is 1. The molecule has 0 amide bonds. The highest BCUT2D eigenvalue weighted by Crippen LogP contribution is 2.38. The Morgan fingerprint density at radius 3 is 3.19 bits per heavy atom. The molecule has 0 radical (unpaired) electrons. The molecule has 2 aliphatic rings. The van der Waals surface area contributed by atoms with E-state index in [0.29, 0.717) is 5.92 Å². The van der Waals surface area contributed by atoms with E-state index in [4.69, 9.17) is 4.74 Å². The first-order chi connectivity index (χ1) is 7.88. The summed E-state index contributed by atoms with van der Waals surface area (Å²) in [6.45, 7) is 2.13. The minimum Gasteiger partial charge on any atom is -0.497 e. The maximum Gasteiger partial charge on any atom is 0.119 e. The van der Waals surface area contributed by atoms with Crippen molar-refractivity contribution in [2.24, 2.45) is 5.92 Å². The number of hydrogen-bond donors (Lipinski definition) is 2. The molecule has 1 aromatic rings. The number of hydrogen-bond acceptors (Lipinski definition) is 3. The minimum absolute atomic E-state index is 0.640. The number of benzene rings is 1. The zero-order valence-corrected chi connectivity index (χ0v) is 9.42. The van der Waals surface area contributed by atoms with Gasteiger partial charge in [0.2, 0.25) is 0 Å². The molecule has 1 atom stereocenters. The van der Waals surface area contributed by atoms with Crippen LogP contribution in [0, 0.1) is 5.92 Å². The van der Waals surface area contributed by atoms with E-state index in [9.17, 15) is 0 Å². The molecule has 2 aliphatic heterocycles. The van der Waals surface area contributed by atoms with Gasteiger partial charge in [-0.1, -0.05) is 0 Å². The Morgan fingerprint density at radius 1 is 1.38 bits per heavy atom. The van der Waals surface area contributed by atoms with E-state index < -0.39 is 0 Å². The molecular formula is C13H16N2O. The van der Waals surface area contributed by atoms with Crippen LogP contribution >= 0.6 is 0 Å². The lowest BCUT2D eigenvalue weighted by molar-refractivity contribution is 0.414. The van der Waals surface area contributed by atoms with Crippen LogP contribution in [0.5, 0.6) is 5.75 Å². The van der Waals surface area contributed by atoms with Crippen molar-refractivity contribution in [1.29, 1.82) is 0 Å². The number of methoxy groups -OCH3 is 1. The summed E-state index contributed by atoms with van der Waals surface area (Å²) in [5, 5.41) is 6.82. The summed E-state index contributed by atoms with van der Waals surface area (Å²) in [7, 11) is 1.71. The van der Waals surface area contributed by atoms with E-state index >= 15 is 0 Å². The molecule has 0 aliphatic carbocycles. The fraction of sp³-hybridized carbons (Fsp3) is 0.385. The fourth-order valence-electron chi connectivity index (χ4n) is 2.50. The van der Waals surface area contributed by atoms with Crippen LogP contribution in [0.3, 0.4) is 0 Å². The first-order valence-electron chi connectivity index (χ1n) is 5.74. The normalized spacial score (nSPS) is 22.1. The SMILES string of the molecule is COc1ccc2c(c1)C1=CNCCC1CN2. The first kappa shape index (κ1) is 9.58. The highest BCUT2D eigenvalue weighted by Gasteiger charge is 2.25. The molecule has 0 saturated carbocycles. The van der Waals surface area contributed by atoms with Gasteiger partial charge in [0.05, 0.1) is 7.11 Å². The van der Waals surface area contributed by atoms with Crippen molar-refractivity contribution in [1.82, 2.24) is 5.32 Å². The van der Waals surface area contributed by atoms with Crippen molar-refractivity contribution in [3.8, 4) is 5.75 Å². The van der Waals surface area contributed by atoms with Crippen molar-refractivity contribution in [3.05, 3.63) is 30.0 Å². The molecule has 3 nitrogen and oxygen atoms in total. The summed E-state index contributed by atoms with van der Waals surface area (Å²) in [5.74, 6) is 1.56. The Kier molecular flexibility index (Phi) is 2.24. The molecule has 1 aromatic carbocycles. The van der Waals surface area contributed by atoms with Crippen LogP contribution in [0.4, 0.5) is 5.69 Å². The van der Waals surface area contributed by atoms with E-state index in [1.807, 2.05) is 6.07 Å². The molecule has 2 heterocycles. The summed E-state index contributed by atoms with van der Waals surface area (Å²) >= 11 is 0. The Hall–Kier alpha value is -1.64. The predicted molar refractivity (Wildman–Crippen MR) is 65.6 cm³/mol. The highest BCUT2D eigenvalue weighted by atomic mass is 16.5. The van der Waals surface area contributed by atoms with Gasteiger partial charge in [-0.15, -0.1) is 0 Å². The molecule has 0 aromatic heterocycles. The quantitative estimate of drug-likeness (QED) is 0.754. The van der Waals surface area contributed by atoms with E-state index in [0.717, 1.165) is 18.8 Å². The summed E-state index contributed by atoms with van der Waals surface area (Å²) < 4.78 is 5.28. The molecule has 0 saturated heterocycles. The number of rotatable bonds is 1. The van der Waals surface area contributed by atoms with Crippen LogP contribution in [0.15, 0.2) is 24.4 Å².